The van der Waals surface area contributed by atoms with Gasteiger partial charge >= 0.3 is 6.03 Å². The molecule has 132 valence electrons. The van der Waals surface area contributed by atoms with Crippen molar-refractivity contribution >= 4 is 35.1 Å². The van der Waals surface area contributed by atoms with Crippen LogP contribution in [-0.4, -0.2) is 30.7 Å². The fraction of sp³-hybridized carbons (Fsp3) is 0.529. The number of halogens is 2. The molecular weight excluding hydrogens is 351 g/mol. The second kappa shape index (κ2) is 8.70. The van der Waals surface area contributed by atoms with Crippen LogP contribution in [0.25, 0.3) is 0 Å². The van der Waals surface area contributed by atoms with Crippen LogP contribution >= 0.6 is 23.2 Å². The third kappa shape index (κ3) is 4.62. The van der Waals surface area contributed by atoms with Crippen molar-refractivity contribution in [1.82, 2.24) is 10.6 Å². The summed E-state index contributed by atoms with van der Waals surface area (Å²) in [6, 6.07) is 4.53. The molecule has 1 aliphatic rings. The molecule has 24 heavy (non-hydrogen) atoms. The number of aliphatic hydroxyl groups is 1. The van der Waals surface area contributed by atoms with Crippen molar-refractivity contribution in [3.05, 3.63) is 33.8 Å². The highest BCUT2D eigenvalue weighted by Crippen LogP contribution is 2.39. The molecule has 0 radical (unpaired) electrons. The number of hydrogen-bond acceptors (Lipinski definition) is 3. The minimum Gasteiger partial charge on any atom is -0.396 e. The quantitative estimate of drug-likeness (QED) is 0.741. The summed E-state index contributed by atoms with van der Waals surface area (Å²) in [6.45, 7) is 0.121. The smallest absolute Gasteiger partial charge is 0.321 e. The van der Waals surface area contributed by atoms with Crippen molar-refractivity contribution < 1.29 is 14.7 Å². The maximum Gasteiger partial charge on any atom is 0.321 e. The lowest BCUT2D eigenvalue weighted by atomic mass is 9.83. The Balaban J connectivity index is 2.24. The Morgan fingerprint density at radius 3 is 2.58 bits per heavy atom. The molecule has 3 N–H and O–H groups in total. The zero-order chi connectivity index (χ0) is 17.7. The molecule has 1 aromatic carbocycles. The van der Waals surface area contributed by atoms with Gasteiger partial charge < -0.3 is 10.4 Å². The number of rotatable bonds is 5. The summed E-state index contributed by atoms with van der Waals surface area (Å²) >= 11 is 12.0. The van der Waals surface area contributed by atoms with Gasteiger partial charge in [-0.2, -0.15) is 0 Å². The predicted molar refractivity (Wildman–Crippen MR) is 94.3 cm³/mol. The Hall–Kier alpha value is -1.30. The van der Waals surface area contributed by atoms with Gasteiger partial charge in [0.2, 0.25) is 5.91 Å². The lowest BCUT2D eigenvalue weighted by Crippen LogP contribution is -2.40. The van der Waals surface area contributed by atoms with E-state index in [0.29, 0.717) is 16.5 Å². The summed E-state index contributed by atoms with van der Waals surface area (Å²) in [7, 11) is 1.45. The topological polar surface area (TPSA) is 78.4 Å². The van der Waals surface area contributed by atoms with E-state index in [4.69, 9.17) is 23.2 Å². The van der Waals surface area contributed by atoms with E-state index < -0.39 is 11.9 Å². The highest BCUT2D eigenvalue weighted by atomic mass is 35.5. The van der Waals surface area contributed by atoms with Gasteiger partial charge in [0.05, 0.1) is 16.0 Å². The summed E-state index contributed by atoms with van der Waals surface area (Å²) in [5.74, 6) is -0.460. The number of nitrogens with one attached hydrogen (secondary N) is 2. The maximum absolute atomic E-state index is 12.6. The van der Waals surface area contributed by atoms with Gasteiger partial charge in [-0.25, -0.2) is 4.79 Å². The molecule has 7 heteroatoms. The van der Waals surface area contributed by atoms with Crippen molar-refractivity contribution in [1.29, 1.82) is 0 Å². The van der Waals surface area contributed by atoms with Crippen LogP contribution < -0.4 is 10.6 Å². The minimum absolute atomic E-state index is 0.121. The van der Waals surface area contributed by atoms with Crippen molar-refractivity contribution in [3.63, 3.8) is 0 Å². The SMILES string of the molecule is CNC(=O)NC(=O)C(CC1CCCC1CO)c1ccc(Cl)c(Cl)c1. The van der Waals surface area contributed by atoms with Gasteiger partial charge in [-0.3, -0.25) is 10.1 Å². The van der Waals surface area contributed by atoms with Crippen LogP contribution in [0.15, 0.2) is 18.2 Å². The van der Waals surface area contributed by atoms with Gasteiger partial charge in [-0.15, -0.1) is 0 Å². The zero-order valence-corrected chi connectivity index (χ0v) is 15.0. The third-order valence-electron chi connectivity index (χ3n) is 4.72. The van der Waals surface area contributed by atoms with Crippen LogP contribution in [0.2, 0.25) is 10.0 Å². The third-order valence-corrected chi connectivity index (χ3v) is 5.45. The number of urea groups is 1. The number of carbonyl (C=O) groups is 2. The van der Waals surface area contributed by atoms with Crippen LogP contribution in [0.1, 0.15) is 37.2 Å². The van der Waals surface area contributed by atoms with E-state index in [9.17, 15) is 14.7 Å². The number of imide groups is 1. The standard InChI is InChI=1S/C17H22Cl2N2O3/c1-20-17(24)21-16(23)13(7-10-3-2-4-12(10)9-22)11-5-6-14(18)15(19)8-11/h5-6,8,10,12-13,22H,2-4,7,9H2,1H3,(H2,20,21,23,24). The second-order valence-corrected chi connectivity index (χ2v) is 6.98. The van der Waals surface area contributed by atoms with Crippen molar-refractivity contribution in [2.45, 2.75) is 31.6 Å². The molecule has 0 aliphatic heterocycles. The summed E-state index contributed by atoms with van der Waals surface area (Å²) in [5, 5.41) is 15.0. The van der Waals surface area contributed by atoms with Gasteiger partial charge in [-0.05, 0) is 42.4 Å². The first kappa shape index (κ1) is 19.0. The number of carbonyl (C=O) groups excluding carboxylic acids is 2. The van der Waals surface area contributed by atoms with E-state index in [1.807, 2.05) is 0 Å². The lowest BCUT2D eigenvalue weighted by Gasteiger charge is -2.24. The maximum atomic E-state index is 12.6. The molecule has 0 heterocycles. The number of aliphatic hydroxyl groups excluding tert-OH is 1. The largest absolute Gasteiger partial charge is 0.396 e. The molecule has 0 saturated heterocycles. The molecule has 0 bridgehead atoms. The molecule has 3 amide bonds. The number of benzene rings is 1. The molecule has 0 aromatic heterocycles. The van der Waals surface area contributed by atoms with E-state index in [0.717, 1.165) is 24.8 Å². The fourth-order valence-electron chi connectivity index (χ4n) is 3.35. The molecule has 3 unspecified atom stereocenters. The van der Waals surface area contributed by atoms with E-state index >= 15 is 0 Å². The summed E-state index contributed by atoms with van der Waals surface area (Å²) in [5.41, 5.74) is 0.717. The number of hydrogen-bond donors (Lipinski definition) is 3. The molecule has 5 nitrogen and oxygen atoms in total. The second-order valence-electron chi connectivity index (χ2n) is 6.16. The average molecular weight is 373 g/mol. The van der Waals surface area contributed by atoms with Crippen molar-refractivity contribution in [2.75, 3.05) is 13.7 Å². The summed E-state index contributed by atoms with van der Waals surface area (Å²) in [4.78, 5) is 24.1. The van der Waals surface area contributed by atoms with Gasteiger partial charge in [0.1, 0.15) is 0 Å². The Morgan fingerprint density at radius 1 is 1.25 bits per heavy atom. The van der Waals surface area contributed by atoms with Crippen molar-refractivity contribution in [3.8, 4) is 0 Å². The van der Waals surface area contributed by atoms with E-state index in [-0.39, 0.29) is 24.3 Å². The molecule has 1 fully saturated rings. The average Bonchev–Trinajstić information content (AvgIpc) is 3.02. The molecule has 3 atom stereocenters. The molecular formula is C17H22Cl2N2O3. The fourth-order valence-corrected chi connectivity index (χ4v) is 3.66. The van der Waals surface area contributed by atoms with Gasteiger partial charge in [0, 0.05) is 13.7 Å². The number of amides is 3. The van der Waals surface area contributed by atoms with Crippen LogP contribution in [-0.2, 0) is 4.79 Å². The monoisotopic (exact) mass is 372 g/mol. The van der Waals surface area contributed by atoms with Gasteiger partial charge in [-0.1, -0.05) is 42.1 Å². The summed E-state index contributed by atoms with van der Waals surface area (Å²) in [6.07, 6.45) is 3.54. The summed E-state index contributed by atoms with van der Waals surface area (Å²) < 4.78 is 0. The first-order valence-corrected chi connectivity index (χ1v) is 8.80. The van der Waals surface area contributed by atoms with E-state index in [2.05, 4.69) is 10.6 Å². The van der Waals surface area contributed by atoms with Crippen LogP contribution in [0, 0.1) is 11.8 Å². The van der Waals surface area contributed by atoms with Gasteiger partial charge in [0.15, 0.2) is 0 Å². The Labute approximate surface area is 151 Å². The first-order valence-electron chi connectivity index (χ1n) is 8.04. The Morgan fingerprint density at radius 2 is 1.96 bits per heavy atom. The minimum atomic E-state index is -0.546. The van der Waals surface area contributed by atoms with Gasteiger partial charge in [0.25, 0.3) is 0 Å². The molecule has 1 aliphatic carbocycles. The highest BCUT2D eigenvalue weighted by molar-refractivity contribution is 6.42. The van der Waals surface area contributed by atoms with Crippen LogP contribution in [0.5, 0.6) is 0 Å². The highest BCUT2D eigenvalue weighted by Gasteiger charge is 2.33. The van der Waals surface area contributed by atoms with Crippen LogP contribution in [0.3, 0.4) is 0 Å². The first-order chi connectivity index (χ1) is 11.5. The lowest BCUT2D eigenvalue weighted by molar-refractivity contribution is -0.122. The van der Waals surface area contributed by atoms with E-state index in [1.54, 1.807) is 18.2 Å². The Bertz CT molecular complexity index is 609. The Kier molecular flexibility index (Phi) is 6.90. The molecule has 2 rings (SSSR count). The molecule has 1 aromatic rings. The van der Waals surface area contributed by atoms with Crippen molar-refractivity contribution in [2.24, 2.45) is 11.8 Å². The van der Waals surface area contributed by atoms with E-state index in [1.165, 1.54) is 7.05 Å². The molecule has 0 spiro atoms. The molecule has 1 saturated carbocycles. The van der Waals surface area contributed by atoms with Crippen LogP contribution in [0.4, 0.5) is 4.79 Å². The zero-order valence-electron chi connectivity index (χ0n) is 13.5. The predicted octanol–water partition coefficient (Wildman–Crippen LogP) is 3.33. The normalized spacial score (nSPS) is 21.3.